The Kier molecular flexibility index (Phi) is 3.38. The van der Waals surface area contributed by atoms with E-state index in [1.807, 2.05) is 0 Å². The largest absolute Gasteiger partial charge is 0.376 e. The highest BCUT2D eigenvalue weighted by Crippen LogP contribution is 2.61. The Balaban J connectivity index is 1.49. The summed E-state index contributed by atoms with van der Waals surface area (Å²) in [5.74, 6) is 3.84. The first-order chi connectivity index (χ1) is 9.64. The number of rotatable bonds is 2. The molecule has 114 valence electrons. The molecule has 1 aliphatic heterocycles. The highest BCUT2D eigenvalue weighted by Gasteiger charge is 2.54. The molecule has 5 fully saturated rings. The van der Waals surface area contributed by atoms with Crippen molar-refractivity contribution in [2.45, 2.75) is 70.9 Å². The maximum atomic E-state index is 6.41. The van der Waals surface area contributed by atoms with E-state index in [4.69, 9.17) is 4.74 Å². The van der Waals surface area contributed by atoms with E-state index in [1.165, 1.54) is 44.9 Å². The van der Waals surface area contributed by atoms with Gasteiger partial charge in [-0.2, -0.15) is 0 Å². The summed E-state index contributed by atoms with van der Waals surface area (Å²) in [6, 6.07) is 0.661. The Morgan fingerprint density at radius 3 is 2.15 bits per heavy atom. The van der Waals surface area contributed by atoms with Crippen LogP contribution in [0.25, 0.3) is 0 Å². The quantitative estimate of drug-likeness (QED) is 0.832. The first-order valence-electron chi connectivity index (χ1n) is 8.99. The summed E-state index contributed by atoms with van der Waals surface area (Å²) in [6.45, 7) is 6.75. The van der Waals surface area contributed by atoms with E-state index in [1.54, 1.807) is 0 Å². The number of hydrogen-bond donors (Lipinski definition) is 1. The standard InChI is InChI=1S/C18H31NO/c1-12(2)16-3-4-20-17(11-19-16)18-8-13-5-14(9-18)7-15(6-13)10-18/h12-17,19H,3-11H2,1-2H3. The molecule has 1 heterocycles. The van der Waals surface area contributed by atoms with Crippen LogP contribution in [0, 0.1) is 29.1 Å². The Bertz CT molecular complexity index is 329. The number of ether oxygens (including phenoxy) is 1. The van der Waals surface area contributed by atoms with Gasteiger partial charge in [-0.1, -0.05) is 13.8 Å². The fourth-order valence-electron chi connectivity index (χ4n) is 6.29. The summed E-state index contributed by atoms with van der Waals surface area (Å²) < 4.78 is 6.41. The summed E-state index contributed by atoms with van der Waals surface area (Å²) in [5, 5.41) is 3.83. The number of hydrogen-bond acceptors (Lipinski definition) is 2. The van der Waals surface area contributed by atoms with Gasteiger partial charge in [-0.15, -0.1) is 0 Å². The topological polar surface area (TPSA) is 21.3 Å². The van der Waals surface area contributed by atoms with E-state index in [0.717, 1.165) is 36.8 Å². The lowest BCUT2D eigenvalue weighted by Crippen LogP contribution is -2.54. The molecule has 20 heavy (non-hydrogen) atoms. The van der Waals surface area contributed by atoms with Gasteiger partial charge in [-0.25, -0.2) is 0 Å². The molecule has 0 aromatic rings. The summed E-state index contributed by atoms with van der Waals surface area (Å²) in [5.41, 5.74) is 0.549. The van der Waals surface area contributed by atoms with Gasteiger partial charge in [0, 0.05) is 19.2 Å². The van der Waals surface area contributed by atoms with Gasteiger partial charge in [-0.3, -0.25) is 0 Å². The second-order valence-electron chi connectivity index (χ2n) is 8.69. The molecular weight excluding hydrogens is 246 g/mol. The predicted molar refractivity (Wildman–Crippen MR) is 81.6 cm³/mol. The highest BCUT2D eigenvalue weighted by atomic mass is 16.5. The van der Waals surface area contributed by atoms with Crippen LogP contribution < -0.4 is 5.32 Å². The zero-order chi connectivity index (χ0) is 13.7. The van der Waals surface area contributed by atoms with Gasteiger partial charge in [0.15, 0.2) is 0 Å². The summed E-state index contributed by atoms with van der Waals surface area (Å²) >= 11 is 0. The molecule has 5 rings (SSSR count). The Morgan fingerprint density at radius 2 is 1.60 bits per heavy atom. The molecule has 2 heteroatoms. The second kappa shape index (κ2) is 4.98. The molecule has 0 spiro atoms. The third kappa shape index (κ3) is 2.23. The van der Waals surface area contributed by atoms with Crippen molar-refractivity contribution < 1.29 is 4.74 Å². The summed E-state index contributed by atoms with van der Waals surface area (Å²) in [6.07, 6.45) is 10.7. The molecule has 4 saturated carbocycles. The number of nitrogens with one attached hydrogen (secondary N) is 1. The minimum absolute atomic E-state index is 0.500. The van der Waals surface area contributed by atoms with E-state index in [-0.39, 0.29) is 0 Å². The highest BCUT2D eigenvalue weighted by molar-refractivity contribution is 5.05. The van der Waals surface area contributed by atoms with Crippen molar-refractivity contribution >= 4 is 0 Å². The van der Waals surface area contributed by atoms with Gasteiger partial charge in [0.05, 0.1) is 6.10 Å². The molecule has 2 unspecified atom stereocenters. The monoisotopic (exact) mass is 277 g/mol. The van der Waals surface area contributed by atoms with Crippen LogP contribution in [0.1, 0.15) is 58.8 Å². The predicted octanol–water partition coefficient (Wildman–Crippen LogP) is 3.61. The van der Waals surface area contributed by atoms with E-state index < -0.39 is 0 Å². The van der Waals surface area contributed by atoms with Crippen molar-refractivity contribution in [1.29, 1.82) is 0 Å². The van der Waals surface area contributed by atoms with Crippen LogP contribution in [0.3, 0.4) is 0 Å². The van der Waals surface area contributed by atoms with Crippen molar-refractivity contribution in [2.75, 3.05) is 13.2 Å². The Labute approximate surface area is 124 Å². The molecule has 0 radical (unpaired) electrons. The van der Waals surface area contributed by atoms with Gasteiger partial charge in [0.2, 0.25) is 0 Å². The lowest BCUT2D eigenvalue weighted by Gasteiger charge is -2.59. The van der Waals surface area contributed by atoms with Gasteiger partial charge < -0.3 is 10.1 Å². The van der Waals surface area contributed by atoms with Gasteiger partial charge >= 0.3 is 0 Å². The van der Waals surface area contributed by atoms with Crippen LogP contribution >= 0.6 is 0 Å². The lowest BCUT2D eigenvalue weighted by atomic mass is 9.48. The van der Waals surface area contributed by atoms with Crippen LogP contribution in [0.2, 0.25) is 0 Å². The van der Waals surface area contributed by atoms with Crippen molar-refractivity contribution in [2.24, 2.45) is 29.1 Å². The molecular formula is C18H31NO. The van der Waals surface area contributed by atoms with Gasteiger partial charge in [0.25, 0.3) is 0 Å². The molecule has 1 N–H and O–H groups in total. The molecule has 2 atom stereocenters. The maximum absolute atomic E-state index is 6.41. The molecule has 0 aromatic heterocycles. The minimum atomic E-state index is 0.500. The third-order valence-electron chi connectivity index (χ3n) is 6.89. The molecule has 5 aliphatic rings. The van der Waals surface area contributed by atoms with Crippen molar-refractivity contribution in [1.82, 2.24) is 5.32 Å². The first-order valence-corrected chi connectivity index (χ1v) is 8.99. The van der Waals surface area contributed by atoms with Crippen LogP contribution in [0.5, 0.6) is 0 Å². The molecule has 4 aliphatic carbocycles. The van der Waals surface area contributed by atoms with E-state index in [0.29, 0.717) is 17.6 Å². The third-order valence-corrected chi connectivity index (χ3v) is 6.89. The van der Waals surface area contributed by atoms with Crippen LogP contribution in [0.15, 0.2) is 0 Å². The summed E-state index contributed by atoms with van der Waals surface area (Å²) in [7, 11) is 0. The Morgan fingerprint density at radius 1 is 1.00 bits per heavy atom. The van der Waals surface area contributed by atoms with Crippen molar-refractivity contribution in [3.05, 3.63) is 0 Å². The fraction of sp³-hybridized carbons (Fsp3) is 1.00. The van der Waals surface area contributed by atoms with Crippen LogP contribution in [0.4, 0.5) is 0 Å². The molecule has 0 aromatic carbocycles. The van der Waals surface area contributed by atoms with Crippen LogP contribution in [-0.4, -0.2) is 25.3 Å². The molecule has 4 bridgehead atoms. The van der Waals surface area contributed by atoms with Gasteiger partial charge in [-0.05, 0) is 74.0 Å². The van der Waals surface area contributed by atoms with Gasteiger partial charge in [0.1, 0.15) is 0 Å². The lowest BCUT2D eigenvalue weighted by molar-refractivity contribution is -0.136. The second-order valence-corrected chi connectivity index (χ2v) is 8.69. The normalized spacial score (nSPS) is 51.5. The summed E-state index contributed by atoms with van der Waals surface area (Å²) in [4.78, 5) is 0. The SMILES string of the molecule is CC(C)C1CCOC(C23CC4CC(CC(C4)C2)C3)CN1. The maximum Gasteiger partial charge on any atom is 0.0755 e. The zero-order valence-corrected chi connectivity index (χ0v) is 13.2. The Hall–Kier alpha value is -0.0800. The molecule has 0 amide bonds. The molecule has 2 nitrogen and oxygen atoms in total. The molecule has 1 saturated heterocycles. The van der Waals surface area contributed by atoms with E-state index in [9.17, 15) is 0 Å². The van der Waals surface area contributed by atoms with E-state index in [2.05, 4.69) is 19.2 Å². The average molecular weight is 277 g/mol. The van der Waals surface area contributed by atoms with Crippen LogP contribution in [-0.2, 0) is 4.74 Å². The smallest absolute Gasteiger partial charge is 0.0755 e. The first kappa shape index (κ1) is 13.6. The fourth-order valence-corrected chi connectivity index (χ4v) is 6.29. The average Bonchev–Trinajstić information content (AvgIpc) is 2.63. The van der Waals surface area contributed by atoms with Crippen molar-refractivity contribution in [3.63, 3.8) is 0 Å². The minimum Gasteiger partial charge on any atom is -0.376 e. The zero-order valence-electron chi connectivity index (χ0n) is 13.2. The van der Waals surface area contributed by atoms with Crippen molar-refractivity contribution in [3.8, 4) is 0 Å². The van der Waals surface area contributed by atoms with E-state index >= 15 is 0 Å².